The van der Waals surface area contributed by atoms with Gasteiger partial charge >= 0.3 is 0 Å². The maximum absolute atomic E-state index is 9.43. The molecule has 12 heavy (non-hydrogen) atoms. The van der Waals surface area contributed by atoms with Gasteiger partial charge in [0.2, 0.25) is 0 Å². The van der Waals surface area contributed by atoms with Crippen LogP contribution in [0.5, 0.6) is 5.75 Å². The molecule has 0 amide bonds. The van der Waals surface area contributed by atoms with Gasteiger partial charge in [-0.25, -0.2) is 0 Å². The van der Waals surface area contributed by atoms with Crippen molar-refractivity contribution in [2.45, 2.75) is 19.3 Å². The highest BCUT2D eigenvalue weighted by Gasteiger charge is 2.22. The lowest BCUT2D eigenvalue weighted by atomic mass is 10.1. The van der Waals surface area contributed by atoms with Crippen molar-refractivity contribution in [3.63, 3.8) is 0 Å². The Morgan fingerprint density at radius 3 is 2.83 bits per heavy atom. The van der Waals surface area contributed by atoms with E-state index in [2.05, 4.69) is 28.7 Å². The summed E-state index contributed by atoms with van der Waals surface area (Å²) < 4.78 is 1.03. The number of phenols is 1. The Balaban J connectivity index is 2.23. The monoisotopic (exact) mass is 274 g/mol. The second-order valence-corrected chi connectivity index (χ2v) is 4.48. The van der Waals surface area contributed by atoms with Crippen LogP contribution in [0, 0.1) is 9.49 Å². The number of aromatic hydroxyl groups is 1. The average Bonchev–Trinajstić information content (AvgIpc) is 2.83. The van der Waals surface area contributed by atoms with Crippen LogP contribution in [0.4, 0.5) is 0 Å². The molecule has 2 heteroatoms. The van der Waals surface area contributed by atoms with Gasteiger partial charge in [0.15, 0.2) is 0 Å². The molecule has 0 spiro atoms. The number of halogens is 1. The summed E-state index contributed by atoms with van der Waals surface area (Å²) in [5.41, 5.74) is 1.30. The van der Waals surface area contributed by atoms with E-state index in [1.165, 1.54) is 18.4 Å². The Morgan fingerprint density at radius 1 is 1.42 bits per heavy atom. The van der Waals surface area contributed by atoms with Crippen LogP contribution in [-0.2, 0) is 6.42 Å². The first-order valence-electron chi connectivity index (χ1n) is 4.23. The molecule has 0 unspecified atom stereocenters. The summed E-state index contributed by atoms with van der Waals surface area (Å²) in [6.07, 6.45) is 3.88. The number of hydrogen-bond donors (Lipinski definition) is 1. The van der Waals surface area contributed by atoms with Gasteiger partial charge in [-0.15, -0.1) is 0 Å². The van der Waals surface area contributed by atoms with E-state index < -0.39 is 0 Å². The topological polar surface area (TPSA) is 20.2 Å². The van der Waals surface area contributed by atoms with E-state index in [9.17, 15) is 5.11 Å². The van der Waals surface area contributed by atoms with E-state index >= 15 is 0 Å². The number of benzene rings is 1. The summed E-state index contributed by atoms with van der Waals surface area (Å²) in [7, 11) is 0. The number of rotatable bonds is 2. The normalized spacial score (nSPS) is 16.4. The Labute approximate surface area is 85.9 Å². The first kappa shape index (κ1) is 8.35. The van der Waals surface area contributed by atoms with Crippen LogP contribution in [0.15, 0.2) is 18.2 Å². The molecule has 1 saturated carbocycles. The summed E-state index contributed by atoms with van der Waals surface area (Å²) in [6, 6.07) is 5.78. The van der Waals surface area contributed by atoms with Crippen LogP contribution in [0.3, 0.4) is 0 Å². The number of hydrogen-bond acceptors (Lipinski definition) is 1. The maximum Gasteiger partial charge on any atom is 0.129 e. The maximum atomic E-state index is 9.43. The Kier molecular flexibility index (Phi) is 2.26. The van der Waals surface area contributed by atoms with Crippen molar-refractivity contribution in [2.24, 2.45) is 5.92 Å². The summed E-state index contributed by atoms with van der Waals surface area (Å²) >= 11 is 2.22. The van der Waals surface area contributed by atoms with Crippen molar-refractivity contribution in [1.82, 2.24) is 0 Å². The average molecular weight is 274 g/mol. The fourth-order valence-electron chi connectivity index (χ4n) is 1.36. The molecule has 1 aliphatic rings. The molecule has 0 heterocycles. The Morgan fingerprint density at radius 2 is 2.17 bits per heavy atom. The van der Waals surface area contributed by atoms with Gasteiger partial charge in [-0.1, -0.05) is 12.1 Å². The molecule has 64 valence electrons. The molecular formula is C10H11IO. The fraction of sp³-hybridized carbons (Fsp3) is 0.400. The minimum atomic E-state index is 0.425. The van der Waals surface area contributed by atoms with Crippen LogP contribution in [0.1, 0.15) is 18.4 Å². The standard InChI is InChI=1S/C10H11IO/c11-10-8(6-7-4-5-7)2-1-3-9(10)12/h1-3,7,12H,4-6H2. The molecule has 1 fully saturated rings. The largest absolute Gasteiger partial charge is 0.507 e. The molecule has 1 nitrogen and oxygen atoms in total. The van der Waals surface area contributed by atoms with E-state index in [1.54, 1.807) is 6.07 Å². The fourth-order valence-corrected chi connectivity index (χ4v) is 1.94. The smallest absolute Gasteiger partial charge is 0.129 e. The molecule has 1 aromatic carbocycles. The molecule has 1 aromatic rings. The Hall–Kier alpha value is -0.250. The van der Waals surface area contributed by atoms with Crippen molar-refractivity contribution >= 4 is 22.6 Å². The van der Waals surface area contributed by atoms with Gasteiger partial charge in [-0.05, 0) is 59.4 Å². The molecule has 1 aliphatic carbocycles. The minimum absolute atomic E-state index is 0.425. The minimum Gasteiger partial charge on any atom is -0.507 e. The van der Waals surface area contributed by atoms with E-state index in [0.717, 1.165) is 15.9 Å². The number of phenolic OH excluding ortho intramolecular Hbond substituents is 1. The molecule has 2 rings (SSSR count). The lowest BCUT2D eigenvalue weighted by Gasteiger charge is -2.04. The van der Waals surface area contributed by atoms with Gasteiger partial charge in [0.05, 0.1) is 3.57 Å². The van der Waals surface area contributed by atoms with Crippen LogP contribution in [0.2, 0.25) is 0 Å². The molecule has 0 saturated heterocycles. The highest BCUT2D eigenvalue weighted by molar-refractivity contribution is 14.1. The predicted molar refractivity (Wildman–Crippen MR) is 57.3 cm³/mol. The van der Waals surface area contributed by atoms with E-state index in [1.807, 2.05) is 6.07 Å². The first-order valence-corrected chi connectivity index (χ1v) is 5.31. The second-order valence-electron chi connectivity index (χ2n) is 3.40. The molecule has 0 radical (unpaired) electrons. The lowest BCUT2D eigenvalue weighted by Crippen LogP contribution is -1.90. The van der Waals surface area contributed by atoms with E-state index in [-0.39, 0.29) is 0 Å². The van der Waals surface area contributed by atoms with Gasteiger partial charge in [0.25, 0.3) is 0 Å². The lowest BCUT2D eigenvalue weighted by molar-refractivity contribution is 0.470. The third-order valence-electron chi connectivity index (χ3n) is 2.26. The summed E-state index contributed by atoms with van der Waals surface area (Å²) in [4.78, 5) is 0. The van der Waals surface area contributed by atoms with Crippen LogP contribution in [-0.4, -0.2) is 5.11 Å². The first-order chi connectivity index (χ1) is 5.77. The van der Waals surface area contributed by atoms with E-state index in [0.29, 0.717) is 5.75 Å². The molecule has 0 bridgehead atoms. The highest BCUT2D eigenvalue weighted by atomic mass is 127. The zero-order chi connectivity index (χ0) is 8.55. The summed E-state index contributed by atoms with van der Waals surface area (Å²) in [6.45, 7) is 0. The predicted octanol–water partition coefficient (Wildman–Crippen LogP) is 2.95. The van der Waals surface area contributed by atoms with Gasteiger partial charge in [-0.2, -0.15) is 0 Å². The Bertz CT molecular complexity index is 292. The zero-order valence-corrected chi connectivity index (χ0v) is 8.91. The summed E-state index contributed by atoms with van der Waals surface area (Å²) in [5.74, 6) is 1.31. The molecule has 0 atom stereocenters. The van der Waals surface area contributed by atoms with Crippen molar-refractivity contribution in [3.05, 3.63) is 27.3 Å². The second kappa shape index (κ2) is 3.24. The van der Waals surface area contributed by atoms with Crippen molar-refractivity contribution in [1.29, 1.82) is 0 Å². The van der Waals surface area contributed by atoms with Crippen molar-refractivity contribution in [3.8, 4) is 5.75 Å². The third kappa shape index (κ3) is 1.73. The van der Waals surface area contributed by atoms with Crippen LogP contribution < -0.4 is 0 Å². The summed E-state index contributed by atoms with van der Waals surface area (Å²) in [5, 5.41) is 9.43. The van der Waals surface area contributed by atoms with Crippen LogP contribution in [0.25, 0.3) is 0 Å². The SMILES string of the molecule is Oc1cccc(CC2CC2)c1I. The molecule has 0 aromatic heterocycles. The van der Waals surface area contributed by atoms with Crippen molar-refractivity contribution < 1.29 is 5.11 Å². The molecular weight excluding hydrogens is 263 g/mol. The van der Waals surface area contributed by atoms with Gasteiger partial charge in [0.1, 0.15) is 5.75 Å². The third-order valence-corrected chi connectivity index (χ3v) is 3.51. The van der Waals surface area contributed by atoms with Crippen molar-refractivity contribution in [2.75, 3.05) is 0 Å². The highest BCUT2D eigenvalue weighted by Crippen LogP contribution is 2.35. The van der Waals surface area contributed by atoms with E-state index in [4.69, 9.17) is 0 Å². The van der Waals surface area contributed by atoms with Gasteiger partial charge in [0, 0.05) is 0 Å². The van der Waals surface area contributed by atoms with Gasteiger partial charge < -0.3 is 5.11 Å². The molecule has 1 N–H and O–H groups in total. The molecule has 0 aliphatic heterocycles. The van der Waals surface area contributed by atoms with Crippen LogP contribution >= 0.6 is 22.6 Å². The van der Waals surface area contributed by atoms with Gasteiger partial charge in [-0.3, -0.25) is 0 Å². The quantitative estimate of drug-likeness (QED) is 0.822. The zero-order valence-electron chi connectivity index (χ0n) is 6.76.